The Balaban J connectivity index is 1.62. The van der Waals surface area contributed by atoms with E-state index in [0.29, 0.717) is 26.2 Å². The van der Waals surface area contributed by atoms with Crippen molar-refractivity contribution in [2.24, 2.45) is 7.05 Å². The third-order valence-corrected chi connectivity index (χ3v) is 5.63. The molecule has 0 aromatic carbocycles. The summed E-state index contributed by atoms with van der Waals surface area (Å²) in [7, 11) is -1.71. The number of hydrogen-bond donors (Lipinski definition) is 0. The molecule has 8 heteroatoms. The fourth-order valence-corrected chi connectivity index (χ4v) is 3.97. The van der Waals surface area contributed by atoms with Crippen LogP contribution in [0.4, 0.5) is 0 Å². The smallest absolute Gasteiger partial charge is 0.246 e. The predicted octanol–water partition coefficient (Wildman–Crippen LogP) is 0.322. The Morgan fingerprint density at radius 1 is 1.18 bits per heavy atom. The summed E-state index contributed by atoms with van der Waals surface area (Å²) in [6.07, 6.45) is 6.54. The average Bonchev–Trinajstić information content (AvgIpc) is 2.96. The normalized spacial score (nSPS) is 17.7. The number of sulfonamides is 1. The summed E-state index contributed by atoms with van der Waals surface area (Å²) in [5.41, 5.74) is 1.14. The van der Waals surface area contributed by atoms with Crippen molar-refractivity contribution in [3.63, 3.8) is 0 Å². The molecule has 3 heterocycles. The SMILES string of the molecule is Cn1cc(S(=O)(=O)N2CCN(Cc3cccnc3)CC2)cn1. The molecule has 2 aromatic heterocycles. The quantitative estimate of drug-likeness (QED) is 0.811. The fourth-order valence-electron chi connectivity index (χ4n) is 2.56. The molecule has 0 spiro atoms. The van der Waals surface area contributed by atoms with Crippen LogP contribution in [0.1, 0.15) is 5.56 Å². The molecule has 0 radical (unpaired) electrons. The van der Waals surface area contributed by atoms with Crippen molar-refractivity contribution < 1.29 is 8.42 Å². The molecular formula is C14H19N5O2S. The Morgan fingerprint density at radius 3 is 2.55 bits per heavy atom. The summed E-state index contributed by atoms with van der Waals surface area (Å²) < 4.78 is 28.1. The van der Waals surface area contributed by atoms with E-state index in [1.807, 2.05) is 18.3 Å². The van der Waals surface area contributed by atoms with Crippen LogP contribution in [0.3, 0.4) is 0 Å². The van der Waals surface area contributed by atoms with Crippen molar-refractivity contribution in [1.82, 2.24) is 24.0 Å². The molecular weight excluding hydrogens is 302 g/mol. The Morgan fingerprint density at radius 2 is 1.95 bits per heavy atom. The van der Waals surface area contributed by atoms with E-state index in [1.54, 1.807) is 13.2 Å². The van der Waals surface area contributed by atoms with Crippen molar-refractivity contribution in [3.05, 3.63) is 42.5 Å². The number of pyridine rings is 1. The van der Waals surface area contributed by atoms with Crippen LogP contribution < -0.4 is 0 Å². The van der Waals surface area contributed by atoms with Crippen LogP contribution >= 0.6 is 0 Å². The first-order valence-corrected chi connectivity index (χ1v) is 8.60. The lowest BCUT2D eigenvalue weighted by Crippen LogP contribution is -2.48. The number of aryl methyl sites for hydroxylation is 1. The molecule has 1 aliphatic rings. The minimum absolute atomic E-state index is 0.260. The second-order valence-corrected chi connectivity index (χ2v) is 7.33. The summed E-state index contributed by atoms with van der Waals surface area (Å²) >= 11 is 0. The number of hydrogen-bond acceptors (Lipinski definition) is 5. The maximum atomic E-state index is 12.5. The van der Waals surface area contributed by atoms with Gasteiger partial charge in [-0.05, 0) is 11.6 Å². The zero-order valence-electron chi connectivity index (χ0n) is 12.5. The van der Waals surface area contributed by atoms with Gasteiger partial charge in [-0.3, -0.25) is 14.6 Å². The first kappa shape index (κ1) is 15.1. The standard InChI is InChI=1S/C14H19N5O2S/c1-17-12-14(10-16-17)22(20,21)19-7-5-18(6-8-19)11-13-3-2-4-15-9-13/h2-4,9-10,12H,5-8,11H2,1H3. The van der Waals surface area contributed by atoms with Crippen LogP contribution in [0.15, 0.2) is 41.8 Å². The van der Waals surface area contributed by atoms with Crippen molar-refractivity contribution in [3.8, 4) is 0 Å². The van der Waals surface area contributed by atoms with Crippen LogP contribution in [-0.4, -0.2) is 58.6 Å². The summed E-state index contributed by atoms with van der Waals surface area (Å²) in [6.45, 7) is 3.23. The number of piperazine rings is 1. The first-order chi connectivity index (χ1) is 10.6. The second-order valence-electron chi connectivity index (χ2n) is 5.39. The Labute approximate surface area is 130 Å². The van der Waals surface area contributed by atoms with Crippen LogP contribution in [0.2, 0.25) is 0 Å². The molecule has 1 fully saturated rings. The van der Waals surface area contributed by atoms with Gasteiger partial charge in [-0.25, -0.2) is 8.42 Å². The van der Waals surface area contributed by atoms with Crippen LogP contribution in [0.25, 0.3) is 0 Å². The third kappa shape index (κ3) is 3.18. The molecule has 1 saturated heterocycles. The highest BCUT2D eigenvalue weighted by molar-refractivity contribution is 7.89. The molecule has 0 N–H and O–H groups in total. The molecule has 0 amide bonds. The van der Waals surface area contributed by atoms with Crippen molar-refractivity contribution in [2.75, 3.05) is 26.2 Å². The highest BCUT2D eigenvalue weighted by atomic mass is 32.2. The second kappa shape index (κ2) is 6.15. The molecule has 7 nitrogen and oxygen atoms in total. The zero-order valence-corrected chi connectivity index (χ0v) is 13.3. The van der Waals surface area contributed by atoms with Gasteiger partial charge in [0, 0.05) is 58.4 Å². The first-order valence-electron chi connectivity index (χ1n) is 7.16. The monoisotopic (exact) mass is 321 g/mol. The molecule has 0 unspecified atom stereocenters. The van der Waals surface area contributed by atoms with E-state index < -0.39 is 10.0 Å². The lowest BCUT2D eigenvalue weighted by Gasteiger charge is -2.33. The van der Waals surface area contributed by atoms with E-state index in [1.165, 1.54) is 21.4 Å². The molecule has 0 bridgehead atoms. The van der Waals surface area contributed by atoms with E-state index in [-0.39, 0.29) is 4.90 Å². The zero-order chi connectivity index (χ0) is 15.6. The van der Waals surface area contributed by atoms with Gasteiger partial charge < -0.3 is 0 Å². The van der Waals surface area contributed by atoms with Gasteiger partial charge in [-0.2, -0.15) is 9.40 Å². The molecule has 3 rings (SSSR count). The van der Waals surface area contributed by atoms with E-state index in [9.17, 15) is 8.42 Å². The summed E-state index contributed by atoms with van der Waals surface area (Å²) in [4.78, 5) is 6.61. The number of nitrogens with zero attached hydrogens (tertiary/aromatic N) is 5. The van der Waals surface area contributed by atoms with Gasteiger partial charge in [0.25, 0.3) is 0 Å². The molecule has 2 aromatic rings. The Hall–Kier alpha value is -1.77. The lowest BCUT2D eigenvalue weighted by molar-refractivity contribution is 0.181. The Kier molecular flexibility index (Phi) is 4.23. The maximum absolute atomic E-state index is 12.5. The van der Waals surface area contributed by atoms with Crippen LogP contribution in [-0.2, 0) is 23.6 Å². The van der Waals surface area contributed by atoms with Crippen molar-refractivity contribution in [1.29, 1.82) is 0 Å². The van der Waals surface area contributed by atoms with E-state index >= 15 is 0 Å². The van der Waals surface area contributed by atoms with E-state index in [2.05, 4.69) is 15.0 Å². The summed E-state index contributed by atoms with van der Waals surface area (Å²) in [5.74, 6) is 0. The van der Waals surface area contributed by atoms with Gasteiger partial charge in [0.05, 0.1) is 6.20 Å². The predicted molar refractivity (Wildman–Crippen MR) is 81.5 cm³/mol. The van der Waals surface area contributed by atoms with Crippen molar-refractivity contribution >= 4 is 10.0 Å². The summed E-state index contributed by atoms with van der Waals surface area (Å²) in [6, 6.07) is 3.95. The largest absolute Gasteiger partial charge is 0.296 e. The highest BCUT2D eigenvalue weighted by Gasteiger charge is 2.29. The van der Waals surface area contributed by atoms with Crippen molar-refractivity contribution in [2.45, 2.75) is 11.4 Å². The molecule has 0 aliphatic carbocycles. The lowest BCUT2D eigenvalue weighted by atomic mass is 10.2. The van der Waals surface area contributed by atoms with Gasteiger partial charge >= 0.3 is 0 Å². The molecule has 118 valence electrons. The topological polar surface area (TPSA) is 71.3 Å². The molecule has 0 saturated carbocycles. The Bertz CT molecular complexity index is 721. The maximum Gasteiger partial charge on any atom is 0.246 e. The van der Waals surface area contributed by atoms with Gasteiger partial charge in [-0.15, -0.1) is 0 Å². The van der Waals surface area contributed by atoms with E-state index in [0.717, 1.165) is 12.1 Å². The summed E-state index contributed by atoms with van der Waals surface area (Å²) in [5, 5.41) is 3.94. The van der Waals surface area contributed by atoms with Crippen LogP contribution in [0.5, 0.6) is 0 Å². The molecule has 22 heavy (non-hydrogen) atoms. The van der Waals surface area contributed by atoms with Gasteiger partial charge in [-0.1, -0.05) is 6.07 Å². The number of rotatable bonds is 4. The third-order valence-electron chi connectivity index (χ3n) is 3.78. The average molecular weight is 321 g/mol. The highest BCUT2D eigenvalue weighted by Crippen LogP contribution is 2.17. The van der Waals surface area contributed by atoms with Crippen LogP contribution in [0, 0.1) is 0 Å². The van der Waals surface area contributed by atoms with Gasteiger partial charge in [0.1, 0.15) is 4.90 Å². The van der Waals surface area contributed by atoms with E-state index in [4.69, 9.17) is 0 Å². The fraction of sp³-hybridized carbons (Fsp3) is 0.429. The van der Waals surface area contributed by atoms with Gasteiger partial charge in [0.2, 0.25) is 10.0 Å². The minimum atomic E-state index is -3.43. The molecule has 1 aliphatic heterocycles. The number of aromatic nitrogens is 3. The molecule has 0 atom stereocenters. The van der Waals surface area contributed by atoms with Gasteiger partial charge in [0.15, 0.2) is 0 Å². The minimum Gasteiger partial charge on any atom is -0.296 e.